The molecule has 1 unspecified atom stereocenters. The highest BCUT2D eigenvalue weighted by Gasteiger charge is 2.27. The zero-order chi connectivity index (χ0) is 10.7. The Kier molecular flexibility index (Phi) is 3.80. The summed E-state index contributed by atoms with van der Waals surface area (Å²) in [4.78, 5) is 25.9. The third-order valence-electron chi connectivity index (χ3n) is 2.32. The fraction of sp³-hybridized carbons (Fsp3) is 0.778. The molecule has 0 spiro atoms. The molecular weight excluding hydrogens is 200 g/mol. The monoisotopic (exact) mass is 216 g/mol. The van der Waals surface area contributed by atoms with Crippen LogP contribution in [-0.2, 0) is 9.59 Å². The molecule has 5 heteroatoms. The summed E-state index contributed by atoms with van der Waals surface area (Å²) in [6, 6.07) is 0. The van der Waals surface area contributed by atoms with Gasteiger partial charge in [-0.05, 0) is 11.7 Å². The van der Waals surface area contributed by atoms with E-state index in [0.717, 1.165) is 5.75 Å². The van der Waals surface area contributed by atoms with Crippen LogP contribution < -0.4 is 0 Å². The molecule has 1 atom stereocenters. The summed E-state index contributed by atoms with van der Waals surface area (Å²) in [6.07, 6.45) is 0. The van der Waals surface area contributed by atoms with E-state index in [2.05, 4.69) is 12.6 Å². The molecule has 0 N–H and O–H groups in total. The standard InChI is InChI=1S/C9H16N2O2S/c1-7(6-14)3-11-5-8(12)10(2)4-9(11)13/h7,14H,3-6H2,1-2H3. The van der Waals surface area contributed by atoms with Crippen molar-refractivity contribution in [3.63, 3.8) is 0 Å². The average molecular weight is 216 g/mol. The minimum atomic E-state index is 0.0102. The molecule has 0 saturated carbocycles. The summed E-state index contributed by atoms with van der Waals surface area (Å²) in [5.74, 6) is 1.10. The average Bonchev–Trinajstić information content (AvgIpc) is 2.14. The van der Waals surface area contributed by atoms with E-state index in [0.29, 0.717) is 12.5 Å². The zero-order valence-corrected chi connectivity index (χ0v) is 9.46. The SMILES string of the molecule is CC(CS)CN1CC(=O)N(C)CC1=O. The van der Waals surface area contributed by atoms with Crippen molar-refractivity contribution in [1.82, 2.24) is 9.80 Å². The number of piperazine rings is 1. The molecule has 1 saturated heterocycles. The van der Waals surface area contributed by atoms with Gasteiger partial charge in [-0.2, -0.15) is 12.6 Å². The van der Waals surface area contributed by atoms with Gasteiger partial charge in [-0.15, -0.1) is 0 Å². The number of amides is 2. The van der Waals surface area contributed by atoms with Crippen molar-refractivity contribution < 1.29 is 9.59 Å². The zero-order valence-electron chi connectivity index (χ0n) is 8.56. The van der Waals surface area contributed by atoms with E-state index in [4.69, 9.17) is 0 Å². The Morgan fingerprint density at radius 3 is 2.57 bits per heavy atom. The van der Waals surface area contributed by atoms with Crippen molar-refractivity contribution >= 4 is 24.4 Å². The third kappa shape index (κ3) is 2.64. The van der Waals surface area contributed by atoms with Gasteiger partial charge in [-0.3, -0.25) is 9.59 Å². The highest BCUT2D eigenvalue weighted by atomic mass is 32.1. The summed E-state index contributed by atoms with van der Waals surface area (Å²) in [6.45, 7) is 3.07. The molecule has 1 fully saturated rings. The Morgan fingerprint density at radius 2 is 2.00 bits per heavy atom. The van der Waals surface area contributed by atoms with Crippen molar-refractivity contribution in [1.29, 1.82) is 0 Å². The number of hydrogen-bond acceptors (Lipinski definition) is 3. The second kappa shape index (κ2) is 4.68. The number of rotatable bonds is 3. The van der Waals surface area contributed by atoms with Gasteiger partial charge >= 0.3 is 0 Å². The lowest BCUT2D eigenvalue weighted by molar-refractivity contribution is -0.149. The summed E-state index contributed by atoms with van der Waals surface area (Å²) in [7, 11) is 1.65. The molecule has 0 aromatic carbocycles. The van der Waals surface area contributed by atoms with Crippen LogP contribution in [0.15, 0.2) is 0 Å². The lowest BCUT2D eigenvalue weighted by atomic mass is 10.2. The van der Waals surface area contributed by atoms with E-state index < -0.39 is 0 Å². The Hall–Kier alpha value is -0.710. The lowest BCUT2D eigenvalue weighted by Crippen LogP contribution is -2.53. The van der Waals surface area contributed by atoms with Crippen LogP contribution in [0.25, 0.3) is 0 Å². The van der Waals surface area contributed by atoms with E-state index in [9.17, 15) is 9.59 Å². The molecule has 2 amide bonds. The maximum absolute atomic E-state index is 11.5. The fourth-order valence-electron chi connectivity index (χ4n) is 1.36. The normalized spacial score (nSPS) is 20.2. The van der Waals surface area contributed by atoms with Crippen LogP contribution in [0.3, 0.4) is 0 Å². The molecule has 80 valence electrons. The first kappa shape index (κ1) is 11.4. The van der Waals surface area contributed by atoms with Crippen LogP contribution in [0, 0.1) is 5.92 Å². The van der Waals surface area contributed by atoms with Crippen LogP contribution in [-0.4, -0.2) is 54.0 Å². The Balaban J connectivity index is 2.53. The van der Waals surface area contributed by atoms with Crippen molar-refractivity contribution in [2.45, 2.75) is 6.92 Å². The van der Waals surface area contributed by atoms with Gasteiger partial charge in [0.25, 0.3) is 0 Å². The summed E-state index contributed by atoms with van der Waals surface area (Å²) < 4.78 is 0. The van der Waals surface area contributed by atoms with Gasteiger partial charge in [-0.1, -0.05) is 6.92 Å². The highest BCUT2D eigenvalue weighted by molar-refractivity contribution is 7.80. The first-order valence-corrected chi connectivity index (χ1v) is 5.30. The minimum Gasteiger partial charge on any atom is -0.335 e. The molecule has 0 bridgehead atoms. The number of nitrogens with zero attached hydrogens (tertiary/aromatic N) is 2. The molecule has 0 aromatic heterocycles. The molecule has 1 heterocycles. The van der Waals surface area contributed by atoms with Crippen molar-refractivity contribution in [3.8, 4) is 0 Å². The van der Waals surface area contributed by atoms with Gasteiger partial charge in [0.15, 0.2) is 0 Å². The van der Waals surface area contributed by atoms with Gasteiger partial charge in [0.1, 0.15) is 0 Å². The van der Waals surface area contributed by atoms with Crippen molar-refractivity contribution in [2.24, 2.45) is 5.92 Å². The lowest BCUT2D eigenvalue weighted by Gasteiger charge is -2.32. The van der Waals surface area contributed by atoms with E-state index >= 15 is 0 Å². The maximum atomic E-state index is 11.5. The third-order valence-corrected chi connectivity index (χ3v) is 2.94. The minimum absolute atomic E-state index is 0.0102. The van der Waals surface area contributed by atoms with Gasteiger partial charge in [0.05, 0.1) is 13.1 Å². The molecule has 4 nitrogen and oxygen atoms in total. The van der Waals surface area contributed by atoms with Crippen LogP contribution in [0.1, 0.15) is 6.92 Å². The van der Waals surface area contributed by atoms with Gasteiger partial charge in [0.2, 0.25) is 11.8 Å². The Bertz CT molecular complexity index is 245. The van der Waals surface area contributed by atoms with E-state index in [1.807, 2.05) is 6.92 Å². The van der Waals surface area contributed by atoms with E-state index in [-0.39, 0.29) is 24.9 Å². The predicted octanol–water partition coefficient (Wildman–Crippen LogP) is -0.147. The topological polar surface area (TPSA) is 40.6 Å². The van der Waals surface area contributed by atoms with Gasteiger partial charge in [-0.25, -0.2) is 0 Å². The predicted molar refractivity (Wildman–Crippen MR) is 57.2 cm³/mol. The summed E-state index contributed by atoms with van der Waals surface area (Å²) >= 11 is 4.15. The maximum Gasteiger partial charge on any atom is 0.242 e. The molecule has 0 aliphatic carbocycles. The Labute approximate surface area is 89.7 Å². The number of thiol groups is 1. The smallest absolute Gasteiger partial charge is 0.242 e. The van der Waals surface area contributed by atoms with Crippen LogP contribution in [0.2, 0.25) is 0 Å². The second-order valence-corrected chi connectivity index (χ2v) is 4.18. The summed E-state index contributed by atoms with van der Waals surface area (Å²) in [5, 5.41) is 0. The summed E-state index contributed by atoms with van der Waals surface area (Å²) in [5.41, 5.74) is 0. The molecular formula is C9H16N2O2S. The van der Waals surface area contributed by atoms with Crippen molar-refractivity contribution in [2.75, 3.05) is 32.4 Å². The number of hydrogen-bond donors (Lipinski definition) is 1. The molecule has 1 rings (SSSR count). The Morgan fingerprint density at radius 1 is 1.36 bits per heavy atom. The van der Waals surface area contributed by atoms with Crippen LogP contribution in [0.5, 0.6) is 0 Å². The molecule has 0 aromatic rings. The number of carbonyl (C=O) groups excluding carboxylic acids is 2. The second-order valence-electron chi connectivity index (χ2n) is 3.81. The molecule has 14 heavy (non-hydrogen) atoms. The fourth-order valence-corrected chi connectivity index (χ4v) is 1.48. The van der Waals surface area contributed by atoms with Crippen molar-refractivity contribution in [3.05, 3.63) is 0 Å². The molecule has 1 aliphatic rings. The van der Waals surface area contributed by atoms with E-state index in [1.54, 1.807) is 11.9 Å². The van der Waals surface area contributed by atoms with Gasteiger partial charge < -0.3 is 9.80 Å². The molecule has 0 radical (unpaired) electrons. The molecule has 1 aliphatic heterocycles. The quantitative estimate of drug-likeness (QED) is 0.667. The van der Waals surface area contributed by atoms with Gasteiger partial charge in [0, 0.05) is 13.6 Å². The first-order chi connectivity index (χ1) is 6.54. The van der Waals surface area contributed by atoms with Crippen LogP contribution >= 0.6 is 12.6 Å². The first-order valence-electron chi connectivity index (χ1n) is 4.67. The number of carbonyl (C=O) groups is 2. The van der Waals surface area contributed by atoms with E-state index in [1.165, 1.54) is 4.90 Å². The highest BCUT2D eigenvalue weighted by Crippen LogP contribution is 2.07. The van der Waals surface area contributed by atoms with Crippen LogP contribution in [0.4, 0.5) is 0 Å². The largest absolute Gasteiger partial charge is 0.335 e. The number of likely N-dealkylation sites (N-methyl/N-ethyl adjacent to an activating group) is 1.